The number of rotatable bonds is 11. The molecule has 202 valence electrons. The lowest BCUT2D eigenvalue weighted by molar-refractivity contribution is 0.0525. The molecule has 1 aromatic heterocycles. The quantitative estimate of drug-likeness (QED) is 0.155. The van der Waals surface area contributed by atoms with Crippen LogP contribution in [0.5, 0.6) is 0 Å². The van der Waals surface area contributed by atoms with Crippen molar-refractivity contribution >= 4 is 17.6 Å². The van der Waals surface area contributed by atoms with Crippen molar-refractivity contribution in [2.75, 3.05) is 6.61 Å². The minimum Gasteiger partial charge on any atom is -0.462 e. The zero-order valence-corrected chi connectivity index (χ0v) is 23.6. The number of halogens is 1. The van der Waals surface area contributed by atoms with Crippen LogP contribution in [0.1, 0.15) is 45.4 Å². The fourth-order valence-electron chi connectivity index (χ4n) is 5.40. The Labute approximate surface area is 242 Å². The highest BCUT2D eigenvalue weighted by Gasteiger charge is 2.29. The maximum absolute atomic E-state index is 13.8. The Morgan fingerprint density at radius 2 is 1.30 bits per heavy atom. The molecule has 0 N–H and O–H groups in total. The highest BCUT2D eigenvalue weighted by atomic mass is 35.5. The van der Waals surface area contributed by atoms with E-state index in [1.165, 1.54) is 11.1 Å². The summed E-state index contributed by atoms with van der Waals surface area (Å²) in [5.74, 6) is -0.268. The lowest BCUT2D eigenvalue weighted by Gasteiger charge is -2.16. The van der Waals surface area contributed by atoms with E-state index >= 15 is 0 Å². The van der Waals surface area contributed by atoms with Crippen LogP contribution in [0, 0.1) is 0 Å². The van der Waals surface area contributed by atoms with Crippen molar-refractivity contribution in [3.8, 4) is 11.1 Å². The van der Waals surface area contributed by atoms with Crippen LogP contribution in [-0.4, -0.2) is 17.1 Å². The molecule has 4 heteroatoms. The minimum absolute atomic E-state index is 0.268. The predicted octanol–water partition coefficient (Wildman–Crippen LogP) is 8.60. The second-order valence-electron chi connectivity index (χ2n) is 9.87. The molecule has 0 spiro atoms. The second kappa shape index (κ2) is 13.3. The summed E-state index contributed by atoms with van der Waals surface area (Å²) in [6.07, 6.45) is 2.99. The van der Waals surface area contributed by atoms with Crippen LogP contribution in [0.3, 0.4) is 0 Å². The largest absolute Gasteiger partial charge is 0.462 e. The van der Waals surface area contributed by atoms with Crippen molar-refractivity contribution in [3.05, 3.63) is 154 Å². The van der Waals surface area contributed by atoms with Gasteiger partial charge in [-0.05, 0) is 54.5 Å². The van der Waals surface area contributed by atoms with E-state index in [2.05, 4.69) is 71.3 Å². The van der Waals surface area contributed by atoms with Gasteiger partial charge in [0.25, 0.3) is 0 Å². The summed E-state index contributed by atoms with van der Waals surface area (Å²) in [7, 11) is 0. The molecule has 0 saturated heterocycles. The topological polar surface area (TPSA) is 31.2 Å². The first-order valence-electron chi connectivity index (χ1n) is 13.9. The zero-order chi connectivity index (χ0) is 27.7. The Kier molecular flexibility index (Phi) is 9.15. The van der Waals surface area contributed by atoms with Crippen molar-refractivity contribution in [2.24, 2.45) is 0 Å². The minimum atomic E-state index is -0.268. The van der Waals surface area contributed by atoms with Gasteiger partial charge < -0.3 is 9.30 Å². The van der Waals surface area contributed by atoms with E-state index in [0.717, 1.165) is 52.4 Å². The molecule has 40 heavy (non-hydrogen) atoms. The molecule has 0 radical (unpaired) electrons. The zero-order valence-electron chi connectivity index (χ0n) is 22.9. The highest BCUT2D eigenvalue weighted by molar-refractivity contribution is 6.31. The Hall–Kier alpha value is -4.08. The molecular formula is C36H34ClNO2. The number of hydrogen-bond acceptors (Lipinski definition) is 2. The lowest BCUT2D eigenvalue weighted by Crippen LogP contribution is -2.14. The number of benzene rings is 4. The van der Waals surface area contributed by atoms with Crippen LogP contribution >= 0.6 is 11.6 Å². The summed E-state index contributed by atoms with van der Waals surface area (Å²) in [5, 5.41) is 0.763. The van der Waals surface area contributed by atoms with Crippen LogP contribution < -0.4 is 0 Å². The summed E-state index contributed by atoms with van der Waals surface area (Å²) in [4.78, 5) is 13.8. The third-order valence-electron chi connectivity index (χ3n) is 7.29. The molecule has 5 aromatic rings. The molecule has 5 rings (SSSR count). The number of aromatic nitrogens is 1. The summed E-state index contributed by atoms with van der Waals surface area (Å²) >= 11 is 6.58. The third-order valence-corrected chi connectivity index (χ3v) is 7.66. The molecule has 0 unspecified atom stereocenters. The van der Waals surface area contributed by atoms with Gasteiger partial charge in [0, 0.05) is 34.9 Å². The smallest absolute Gasteiger partial charge is 0.340 e. The van der Waals surface area contributed by atoms with Crippen molar-refractivity contribution < 1.29 is 9.53 Å². The van der Waals surface area contributed by atoms with Crippen molar-refractivity contribution in [1.82, 2.24) is 4.57 Å². The molecule has 3 nitrogen and oxygen atoms in total. The Balaban J connectivity index is 1.71. The Morgan fingerprint density at radius 1 is 0.700 bits per heavy atom. The van der Waals surface area contributed by atoms with E-state index in [1.807, 2.05) is 55.5 Å². The van der Waals surface area contributed by atoms with E-state index in [9.17, 15) is 4.79 Å². The summed E-state index contributed by atoms with van der Waals surface area (Å²) < 4.78 is 8.08. The first kappa shape index (κ1) is 27.5. The molecule has 4 aromatic carbocycles. The van der Waals surface area contributed by atoms with Crippen LogP contribution in [0.2, 0.25) is 5.02 Å². The average Bonchev–Trinajstić information content (AvgIpc) is 3.30. The van der Waals surface area contributed by atoms with E-state index < -0.39 is 0 Å². The van der Waals surface area contributed by atoms with Crippen LogP contribution in [0.25, 0.3) is 11.1 Å². The van der Waals surface area contributed by atoms with Crippen LogP contribution in [0.4, 0.5) is 0 Å². The number of carbonyl (C=O) groups is 1. The summed E-state index contributed by atoms with van der Waals surface area (Å²) in [6.45, 7) is 2.89. The molecule has 0 aliphatic carbocycles. The number of aryl methyl sites for hydroxylation is 2. The van der Waals surface area contributed by atoms with Crippen LogP contribution in [-0.2, 0) is 37.0 Å². The van der Waals surface area contributed by atoms with Gasteiger partial charge in [-0.2, -0.15) is 0 Å². The number of carbonyl (C=O) groups excluding carboxylic acids is 1. The molecule has 0 saturated carbocycles. The second-order valence-corrected chi connectivity index (χ2v) is 10.3. The SMILES string of the molecule is CCOC(=O)c1c(-c2ccccc2)c(Cc2ccccc2)n(CCc2ccccc2Cl)c1CCc1ccccc1. The molecule has 1 heterocycles. The fourth-order valence-corrected chi connectivity index (χ4v) is 5.63. The highest BCUT2D eigenvalue weighted by Crippen LogP contribution is 2.36. The van der Waals surface area contributed by atoms with Gasteiger partial charge in [0.2, 0.25) is 0 Å². The van der Waals surface area contributed by atoms with Gasteiger partial charge in [0.05, 0.1) is 12.2 Å². The maximum atomic E-state index is 13.8. The van der Waals surface area contributed by atoms with Gasteiger partial charge in [-0.1, -0.05) is 121 Å². The molecular weight excluding hydrogens is 514 g/mol. The van der Waals surface area contributed by atoms with E-state index in [0.29, 0.717) is 25.1 Å². The Morgan fingerprint density at radius 3 is 1.95 bits per heavy atom. The number of ether oxygens (including phenoxy) is 1. The summed E-state index contributed by atoms with van der Waals surface area (Å²) in [6, 6.07) is 39.2. The summed E-state index contributed by atoms with van der Waals surface area (Å²) in [5.41, 5.74) is 8.32. The van der Waals surface area contributed by atoms with Gasteiger partial charge in [0.15, 0.2) is 0 Å². The van der Waals surface area contributed by atoms with Gasteiger partial charge in [0.1, 0.15) is 0 Å². The first-order chi connectivity index (χ1) is 19.7. The molecule has 0 atom stereocenters. The van der Waals surface area contributed by atoms with Crippen LogP contribution in [0.15, 0.2) is 115 Å². The van der Waals surface area contributed by atoms with E-state index in [4.69, 9.17) is 16.3 Å². The number of nitrogens with zero attached hydrogens (tertiary/aromatic N) is 1. The molecule has 0 bridgehead atoms. The average molecular weight is 548 g/mol. The van der Waals surface area contributed by atoms with Gasteiger partial charge in [-0.15, -0.1) is 0 Å². The molecule has 0 amide bonds. The first-order valence-corrected chi connectivity index (χ1v) is 14.3. The van der Waals surface area contributed by atoms with Gasteiger partial charge >= 0.3 is 5.97 Å². The van der Waals surface area contributed by atoms with E-state index in [-0.39, 0.29) is 5.97 Å². The predicted molar refractivity (Wildman–Crippen MR) is 164 cm³/mol. The normalized spacial score (nSPS) is 10.9. The number of esters is 1. The monoisotopic (exact) mass is 547 g/mol. The standard InChI is InChI=1S/C36H34ClNO2/c1-2-40-36(39)35-32(23-22-27-14-6-3-7-15-27)38(25-24-29-18-12-13-21-31(29)37)33(26-28-16-8-4-9-17-28)34(35)30-19-10-5-11-20-30/h3-21H,2,22-26H2,1H3. The molecule has 0 aliphatic heterocycles. The van der Waals surface area contributed by atoms with Gasteiger partial charge in [-0.25, -0.2) is 4.79 Å². The molecule has 0 aliphatic rings. The van der Waals surface area contributed by atoms with E-state index in [1.54, 1.807) is 0 Å². The lowest BCUT2D eigenvalue weighted by atomic mass is 9.96. The maximum Gasteiger partial charge on any atom is 0.340 e. The van der Waals surface area contributed by atoms with Gasteiger partial charge in [-0.3, -0.25) is 0 Å². The van der Waals surface area contributed by atoms with Crippen molar-refractivity contribution in [1.29, 1.82) is 0 Å². The third kappa shape index (κ3) is 6.38. The fraction of sp³-hybridized carbons (Fsp3) is 0.194. The number of hydrogen-bond donors (Lipinski definition) is 0. The Bertz CT molecular complexity index is 1540. The molecule has 0 fully saturated rings. The van der Waals surface area contributed by atoms with Crippen molar-refractivity contribution in [2.45, 2.75) is 39.2 Å². The van der Waals surface area contributed by atoms with Crippen molar-refractivity contribution in [3.63, 3.8) is 0 Å².